The van der Waals surface area contributed by atoms with Crippen molar-refractivity contribution >= 4 is 22.8 Å². The summed E-state index contributed by atoms with van der Waals surface area (Å²) in [6, 6.07) is 13.4. The number of hydrogen-bond acceptors (Lipinski definition) is 8. The highest BCUT2D eigenvalue weighted by Crippen LogP contribution is 2.35. The van der Waals surface area contributed by atoms with Crippen LogP contribution in [0.5, 0.6) is 17.2 Å². The van der Waals surface area contributed by atoms with Crippen LogP contribution in [0, 0.1) is 0 Å². The van der Waals surface area contributed by atoms with Gasteiger partial charge in [0, 0.05) is 24.7 Å². The number of hydrogen-bond donors (Lipinski definition) is 2. The van der Waals surface area contributed by atoms with Gasteiger partial charge in [0.15, 0.2) is 22.9 Å². The number of carbonyl (C=O) groups excluding carboxylic acids is 1. The third-order valence-electron chi connectivity index (χ3n) is 6.68. The molecule has 2 aromatic carbocycles. The van der Waals surface area contributed by atoms with E-state index in [-0.39, 0.29) is 17.3 Å². The van der Waals surface area contributed by atoms with Gasteiger partial charge in [-0.25, -0.2) is 4.98 Å². The first-order valence-electron chi connectivity index (χ1n) is 11.8. The molecule has 9 heteroatoms. The number of nitrogens with zero attached hydrogens (tertiary/aromatic N) is 2. The van der Waals surface area contributed by atoms with Crippen LogP contribution in [0.3, 0.4) is 0 Å². The molecule has 3 heterocycles. The van der Waals surface area contributed by atoms with Gasteiger partial charge in [0.05, 0.1) is 12.5 Å². The lowest BCUT2D eigenvalue weighted by atomic mass is 9.79. The molecule has 182 valence electrons. The minimum absolute atomic E-state index is 0.0216. The lowest BCUT2D eigenvalue weighted by Crippen LogP contribution is -2.23. The molecule has 2 aromatic heterocycles. The van der Waals surface area contributed by atoms with Crippen LogP contribution >= 0.6 is 0 Å². The van der Waals surface area contributed by atoms with Gasteiger partial charge in [-0.2, -0.15) is 4.98 Å². The topological polar surface area (TPSA) is 115 Å². The fourth-order valence-corrected chi connectivity index (χ4v) is 4.85. The maximum atomic E-state index is 13.2. The van der Waals surface area contributed by atoms with Crippen molar-refractivity contribution in [2.24, 2.45) is 0 Å². The number of ether oxygens (including phenoxy) is 3. The average Bonchev–Trinajstić information content (AvgIpc) is 2.91. The molecule has 0 fully saturated rings. The Bertz CT molecular complexity index is 1530. The smallest absolute Gasteiger partial charge is 0.262 e. The standard InChI is InChI=1S/C27H24N4O5/c1-34-18-5-3-16(4-6-18)17-11-19-20(21(32)12-17)14-28-25-24(19)26(33)31-27(30-25)29-13-15-2-7-22-23(10-15)36-9-8-35-22/h2-7,10,14,17H,8-9,11-13H2,1H3,(H2,28,29,30,31,33). The van der Waals surface area contributed by atoms with Crippen molar-refractivity contribution in [1.82, 2.24) is 15.0 Å². The van der Waals surface area contributed by atoms with Gasteiger partial charge in [0.25, 0.3) is 5.56 Å². The molecular weight excluding hydrogens is 460 g/mol. The molecule has 36 heavy (non-hydrogen) atoms. The van der Waals surface area contributed by atoms with E-state index in [9.17, 15) is 9.59 Å². The van der Waals surface area contributed by atoms with E-state index < -0.39 is 0 Å². The van der Waals surface area contributed by atoms with Gasteiger partial charge in [0.1, 0.15) is 19.0 Å². The molecule has 4 aromatic rings. The molecule has 0 saturated heterocycles. The number of carbonyl (C=O) groups is 1. The highest BCUT2D eigenvalue weighted by Gasteiger charge is 2.29. The summed E-state index contributed by atoms with van der Waals surface area (Å²) in [5.74, 6) is 2.43. The Morgan fingerprint density at radius 2 is 1.86 bits per heavy atom. The van der Waals surface area contributed by atoms with E-state index in [0.29, 0.717) is 66.5 Å². The quantitative estimate of drug-likeness (QED) is 0.441. The van der Waals surface area contributed by atoms with E-state index in [1.165, 1.54) is 0 Å². The molecule has 1 unspecified atom stereocenters. The highest BCUT2D eigenvalue weighted by molar-refractivity contribution is 6.02. The second-order valence-corrected chi connectivity index (χ2v) is 8.90. The van der Waals surface area contributed by atoms with Crippen molar-refractivity contribution in [2.45, 2.75) is 25.3 Å². The van der Waals surface area contributed by atoms with E-state index in [0.717, 1.165) is 22.6 Å². The number of aromatic nitrogens is 3. The van der Waals surface area contributed by atoms with Crippen LogP contribution in [-0.4, -0.2) is 41.1 Å². The largest absolute Gasteiger partial charge is 0.497 e. The second kappa shape index (κ2) is 8.99. The third kappa shape index (κ3) is 4.02. The van der Waals surface area contributed by atoms with Gasteiger partial charge < -0.3 is 19.5 Å². The van der Waals surface area contributed by atoms with Crippen LogP contribution in [-0.2, 0) is 13.0 Å². The number of pyridine rings is 1. The van der Waals surface area contributed by atoms with E-state index in [2.05, 4.69) is 20.3 Å². The average molecular weight is 485 g/mol. The fourth-order valence-electron chi connectivity index (χ4n) is 4.85. The van der Waals surface area contributed by atoms with Crippen molar-refractivity contribution in [3.8, 4) is 17.2 Å². The van der Waals surface area contributed by atoms with E-state index in [4.69, 9.17) is 14.2 Å². The molecule has 0 amide bonds. The number of Topliss-reactive ketones (excluding diaryl/α,β-unsaturated/α-hetero) is 1. The predicted molar refractivity (Wildman–Crippen MR) is 133 cm³/mol. The zero-order valence-electron chi connectivity index (χ0n) is 19.7. The van der Waals surface area contributed by atoms with Crippen LogP contribution in [0.1, 0.15) is 39.4 Å². The SMILES string of the molecule is COc1ccc(C2CC(=O)c3cnc4nc(NCc5ccc6c(c5)OCCO6)[nH]c(=O)c4c3C2)cc1. The van der Waals surface area contributed by atoms with Crippen LogP contribution in [0.2, 0.25) is 0 Å². The number of benzene rings is 2. The molecule has 1 aliphatic heterocycles. The maximum Gasteiger partial charge on any atom is 0.262 e. The number of anilines is 1. The first-order chi connectivity index (χ1) is 17.6. The molecule has 2 N–H and O–H groups in total. The van der Waals surface area contributed by atoms with Crippen molar-refractivity contribution < 1.29 is 19.0 Å². The molecular formula is C27H24N4O5. The van der Waals surface area contributed by atoms with Crippen molar-refractivity contribution in [2.75, 3.05) is 25.6 Å². The zero-order valence-corrected chi connectivity index (χ0v) is 19.7. The number of fused-ring (bicyclic) bond motifs is 4. The Morgan fingerprint density at radius 3 is 2.67 bits per heavy atom. The summed E-state index contributed by atoms with van der Waals surface area (Å²) >= 11 is 0. The molecule has 6 rings (SSSR count). The number of ketones is 1. The number of rotatable bonds is 5. The van der Waals surface area contributed by atoms with Crippen LogP contribution in [0.15, 0.2) is 53.5 Å². The Hall–Kier alpha value is -4.40. The summed E-state index contributed by atoms with van der Waals surface area (Å²) < 4.78 is 16.4. The van der Waals surface area contributed by atoms with Gasteiger partial charge in [0.2, 0.25) is 5.95 Å². The Balaban J connectivity index is 1.28. The zero-order chi connectivity index (χ0) is 24.6. The Morgan fingerprint density at radius 1 is 1.06 bits per heavy atom. The van der Waals surface area contributed by atoms with Gasteiger partial charge >= 0.3 is 0 Å². The molecule has 0 radical (unpaired) electrons. The van der Waals surface area contributed by atoms with E-state index >= 15 is 0 Å². The predicted octanol–water partition coefficient (Wildman–Crippen LogP) is 3.62. The van der Waals surface area contributed by atoms with E-state index in [1.54, 1.807) is 13.3 Å². The minimum Gasteiger partial charge on any atom is -0.497 e. The summed E-state index contributed by atoms with van der Waals surface area (Å²) in [5.41, 5.74) is 3.17. The lowest BCUT2D eigenvalue weighted by molar-refractivity contribution is 0.0964. The number of H-pyrrole nitrogens is 1. The molecule has 1 atom stereocenters. The third-order valence-corrected chi connectivity index (χ3v) is 6.68. The Kier molecular flexibility index (Phi) is 5.52. The van der Waals surface area contributed by atoms with Crippen molar-refractivity contribution in [3.63, 3.8) is 0 Å². The Labute approximate surface area is 206 Å². The molecule has 0 spiro atoms. The van der Waals surface area contributed by atoms with E-state index in [1.807, 2.05) is 42.5 Å². The number of nitrogens with one attached hydrogen (secondary N) is 2. The maximum absolute atomic E-state index is 13.2. The van der Waals surface area contributed by atoms with Crippen molar-refractivity contribution in [3.05, 3.63) is 81.3 Å². The summed E-state index contributed by atoms with van der Waals surface area (Å²) in [6.07, 6.45) is 2.47. The summed E-state index contributed by atoms with van der Waals surface area (Å²) in [6.45, 7) is 1.48. The molecule has 0 saturated carbocycles. The monoisotopic (exact) mass is 484 g/mol. The second-order valence-electron chi connectivity index (χ2n) is 8.90. The van der Waals surface area contributed by atoms with Gasteiger partial charge in [-0.05, 0) is 53.3 Å². The van der Waals surface area contributed by atoms with Crippen LogP contribution in [0.25, 0.3) is 11.0 Å². The molecule has 9 nitrogen and oxygen atoms in total. The molecule has 1 aliphatic carbocycles. The first-order valence-corrected chi connectivity index (χ1v) is 11.8. The molecule has 0 bridgehead atoms. The van der Waals surface area contributed by atoms with Gasteiger partial charge in [-0.1, -0.05) is 18.2 Å². The fraction of sp³-hybridized carbons (Fsp3) is 0.259. The normalized spacial score (nSPS) is 16.5. The van der Waals surface area contributed by atoms with Gasteiger partial charge in [-0.3, -0.25) is 14.6 Å². The number of aromatic amines is 1. The summed E-state index contributed by atoms with van der Waals surface area (Å²) in [7, 11) is 1.62. The lowest BCUT2D eigenvalue weighted by Gasteiger charge is -2.24. The number of methoxy groups -OCH3 is 1. The summed E-state index contributed by atoms with van der Waals surface area (Å²) in [4.78, 5) is 37.8. The summed E-state index contributed by atoms with van der Waals surface area (Å²) in [5, 5.41) is 3.52. The van der Waals surface area contributed by atoms with Crippen LogP contribution < -0.4 is 25.1 Å². The first kappa shape index (κ1) is 22.1. The van der Waals surface area contributed by atoms with Crippen LogP contribution in [0.4, 0.5) is 5.95 Å². The van der Waals surface area contributed by atoms with Crippen molar-refractivity contribution in [1.29, 1.82) is 0 Å². The minimum atomic E-state index is -0.322. The van der Waals surface area contributed by atoms with Gasteiger partial charge in [-0.15, -0.1) is 0 Å². The molecule has 2 aliphatic rings. The highest BCUT2D eigenvalue weighted by atomic mass is 16.6.